The lowest BCUT2D eigenvalue weighted by molar-refractivity contribution is -0.753. The number of halogens is 1. The van der Waals surface area contributed by atoms with Crippen LogP contribution in [0.25, 0.3) is 11.1 Å². The number of thiazole rings is 1. The molecular weight excluding hydrogens is 696 g/mol. The molecule has 1 aliphatic rings. The molecule has 18 nitrogen and oxygen atoms in total. The molecule has 2 atom stereocenters. The number of oxime groups is 1. The highest BCUT2D eigenvalue weighted by Gasteiger charge is 2.57. The molecule has 1 fully saturated rings. The number of amides is 2. The van der Waals surface area contributed by atoms with Gasteiger partial charge < -0.3 is 36.0 Å². The Hall–Kier alpha value is -4.34. The zero-order valence-electron chi connectivity index (χ0n) is 26.1. The molecule has 0 radical (unpaired) electrons. The van der Waals surface area contributed by atoms with E-state index in [0.717, 1.165) is 42.4 Å². The first-order chi connectivity index (χ1) is 22.4. The Kier molecular flexibility index (Phi) is 10.7. The molecule has 4 rings (SSSR count). The lowest BCUT2D eigenvalue weighted by Crippen LogP contribution is -2.76. The molecule has 6 N–H and O–H groups in total. The number of anilines is 1. The van der Waals surface area contributed by atoms with Crippen LogP contribution in [0.15, 0.2) is 41.8 Å². The molecule has 260 valence electrons. The van der Waals surface area contributed by atoms with Gasteiger partial charge in [0.25, 0.3) is 17.4 Å². The number of nitrogens with two attached hydrogens (primary N) is 2. The predicted molar refractivity (Wildman–Crippen MR) is 169 cm³/mol. The van der Waals surface area contributed by atoms with Crippen molar-refractivity contribution in [1.29, 1.82) is 0 Å². The number of carbonyl (C=O) groups is 3. The zero-order valence-corrected chi connectivity index (χ0v) is 28.5. The number of hydroxylamine groups is 2. The summed E-state index contributed by atoms with van der Waals surface area (Å²) < 4.78 is 46.8. The lowest BCUT2D eigenvalue weighted by Gasteiger charge is -2.51. The predicted octanol–water partition coefficient (Wildman–Crippen LogP) is 0.161. The van der Waals surface area contributed by atoms with E-state index in [4.69, 9.17) is 32.6 Å². The number of carboxylic acid groups (broad SMARTS) is 1. The van der Waals surface area contributed by atoms with E-state index < -0.39 is 57.7 Å². The van der Waals surface area contributed by atoms with Crippen LogP contribution < -0.4 is 26.2 Å². The highest BCUT2D eigenvalue weighted by atomic mass is 35.5. The molecule has 2 amide bonds. The second kappa shape index (κ2) is 14.0. The molecule has 21 heteroatoms. The number of β-lactam (4-membered cyclic amide) rings is 1. The number of hydrogen-bond acceptors (Lipinski definition) is 14. The largest absolute Gasteiger partial charge is 0.724 e. The molecule has 3 heterocycles. The number of nitrogen functional groups attached to an aromatic ring is 1. The molecule has 0 bridgehead atoms. The average Bonchev–Trinajstić information content (AvgIpc) is 3.55. The minimum atomic E-state index is -5.29. The SMILES string of the molecule is C[n+]1cc(-c2ccc(OCC(C)(O/N=C(\C(=O)N[C@@H]3C(=O)N(OS(=O)(=O)[O-])C3(C)C)c3nc(N)sc3Cl)C(=O)O)cc2)cn1CCCN. The first-order valence-electron chi connectivity index (χ1n) is 14.1. The Morgan fingerprint density at radius 1 is 1.29 bits per heavy atom. The topological polar surface area (TPSA) is 258 Å². The Balaban J connectivity index is 1.51. The fourth-order valence-electron chi connectivity index (χ4n) is 4.50. The van der Waals surface area contributed by atoms with E-state index in [0.29, 0.717) is 17.4 Å². The van der Waals surface area contributed by atoms with Crippen LogP contribution >= 0.6 is 22.9 Å². The second-order valence-corrected chi connectivity index (χ2v) is 13.9. The van der Waals surface area contributed by atoms with Gasteiger partial charge in [0.2, 0.25) is 16.6 Å². The van der Waals surface area contributed by atoms with Crippen molar-refractivity contribution in [3.8, 4) is 16.9 Å². The Bertz CT molecular complexity index is 1840. The number of aliphatic carboxylic acids is 1. The standard InChI is InChI=1S/C27H33ClN8O10S2/c1-26(2)20(23(38)36(26)46-48(41,42)43)32-22(37)19(18-21(28)47-25(30)31-18)33-45-27(3,24(39)40)14-44-17-8-6-15(7-9-17)16-12-34(4)35(13-16)11-5-10-29/h6-9,12-13,20H,5,10-11,14,29H2,1-4H3,(H4-,30,31,32,37,39,40,41,42,43)/b33-19-/t20-,27?/m1/s1. The maximum atomic E-state index is 13.4. The van der Waals surface area contributed by atoms with Gasteiger partial charge in [-0.2, -0.15) is 14.0 Å². The maximum absolute atomic E-state index is 13.4. The van der Waals surface area contributed by atoms with E-state index in [1.165, 1.54) is 13.8 Å². The number of aryl methyl sites for hydroxylation is 2. The van der Waals surface area contributed by atoms with Crippen LogP contribution in [0.2, 0.25) is 4.34 Å². The maximum Gasteiger partial charge on any atom is 0.354 e. The summed E-state index contributed by atoms with van der Waals surface area (Å²) in [5.74, 6) is -3.37. The molecule has 3 aromatic rings. The third-order valence-corrected chi connectivity index (χ3v) is 8.68. The van der Waals surface area contributed by atoms with Crippen molar-refractivity contribution in [2.45, 2.75) is 50.9 Å². The van der Waals surface area contributed by atoms with E-state index in [1.807, 2.05) is 28.8 Å². The Morgan fingerprint density at radius 3 is 2.50 bits per heavy atom. The Labute approximate surface area is 283 Å². The number of aromatic nitrogens is 3. The quantitative estimate of drug-likeness (QED) is 0.0407. The number of carbonyl (C=O) groups excluding carboxylic acids is 2. The summed E-state index contributed by atoms with van der Waals surface area (Å²) in [5.41, 5.74) is 8.57. The third-order valence-electron chi connectivity index (χ3n) is 7.26. The summed E-state index contributed by atoms with van der Waals surface area (Å²) in [6.45, 7) is 4.55. The van der Waals surface area contributed by atoms with Crippen molar-refractivity contribution in [3.05, 3.63) is 46.7 Å². The molecule has 0 aliphatic carbocycles. The van der Waals surface area contributed by atoms with Gasteiger partial charge in [-0.3, -0.25) is 9.59 Å². The number of carboxylic acids is 1. The minimum Gasteiger partial charge on any atom is -0.724 e. The van der Waals surface area contributed by atoms with Gasteiger partial charge >= 0.3 is 5.97 Å². The van der Waals surface area contributed by atoms with Gasteiger partial charge in [0.05, 0.1) is 23.8 Å². The molecule has 0 saturated carbocycles. The molecule has 1 aliphatic heterocycles. The third kappa shape index (κ3) is 8.02. The smallest absolute Gasteiger partial charge is 0.354 e. The number of nitrogens with zero attached hydrogens (tertiary/aromatic N) is 5. The summed E-state index contributed by atoms with van der Waals surface area (Å²) in [7, 11) is -3.38. The van der Waals surface area contributed by atoms with Gasteiger partial charge in [-0.05, 0) is 51.4 Å². The van der Waals surface area contributed by atoms with E-state index in [1.54, 1.807) is 24.3 Å². The normalized spacial score (nSPS) is 17.4. The van der Waals surface area contributed by atoms with Gasteiger partial charge in [-0.15, -0.1) is 4.68 Å². The molecule has 1 aromatic carbocycles. The number of hydrogen-bond donors (Lipinski definition) is 4. The van der Waals surface area contributed by atoms with Crippen LogP contribution in [0.4, 0.5) is 5.13 Å². The lowest BCUT2D eigenvalue weighted by atomic mass is 9.84. The van der Waals surface area contributed by atoms with Gasteiger partial charge in [0.1, 0.15) is 28.4 Å². The molecular formula is C27H33ClN8O10S2. The van der Waals surface area contributed by atoms with Crippen LogP contribution in [0.1, 0.15) is 32.9 Å². The fraction of sp³-hybridized carbons (Fsp3) is 0.407. The zero-order chi connectivity index (χ0) is 35.6. The van der Waals surface area contributed by atoms with Gasteiger partial charge in [-0.1, -0.05) is 40.2 Å². The summed E-state index contributed by atoms with van der Waals surface area (Å²) in [5, 5.41) is 16.3. The Morgan fingerprint density at radius 2 is 1.96 bits per heavy atom. The number of rotatable bonds is 15. The number of ether oxygens (including phenoxy) is 1. The van der Waals surface area contributed by atoms with Crippen molar-refractivity contribution in [3.63, 3.8) is 0 Å². The second-order valence-electron chi connectivity index (χ2n) is 11.3. The average molecular weight is 729 g/mol. The van der Waals surface area contributed by atoms with Crippen LogP contribution in [-0.2, 0) is 47.5 Å². The van der Waals surface area contributed by atoms with Crippen LogP contribution in [0.5, 0.6) is 5.75 Å². The first kappa shape index (κ1) is 36.5. The summed E-state index contributed by atoms with van der Waals surface area (Å²) in [6.07, 6.45) is 4.76. The van der Waals surface area contributed by atoms with Crippen molar-refractivity contribution in [1.82, 2.24) is 20.0 Å². The summed E-state index contributed by atoms with van der Waals surface area (Å²) in [4.78, 5) is 47.6. The molecule has 0 spiro atoms. The molecule has 1 saturated heterocycles. The number of nitrogens with one attached hydrogen (secondary N) is 1. The van der Waals surface area contributed by atoms with Crippen molar-refractivity contribution < 1.29 is 51.0 Å². The van der Waals surface area contributed by atoms with Crippen LogP contribution in [-0.4, -0.2) is 86.6 Å². The van der Waals surface area contributed by atoms with Crippen LogP contribution in [0.3, 0.4) is 0 Å². The molecule has 2 aromatic heterocycles. The highest BCUT2D eigenvalue weighted by molar-refractivity contribution is 7.80. The first-order valence-corrected chi connectivity index (χ1v) is 16.6. The molecule has 48 heavy (non-hydrogen) atoms. The van der Waals surface area contributed by atoms with Gasteiger partial charge in [0.15, 0.2) is 17.9 Å². The summed E-state index contributed by atoms with van der Waals surface area (Å²) >= 11 is 6.99. The minimum absolute atomic E-state index is 0.0653. The fourth-order valence-corrected chi connectivity index (χ4v) is 5.87. The van der Waals surface area contributed by atoms with Gasteiger partial charge in [0, 0.05) is 0 Å². The van der Waals surface area contributed by atoms with Gasteiger partial charge in [-0.25, -0.2) is 18.2 Å². The van der Waals surface area contributed by atoms with E-state index in [9.17, 15) is 32.5 Å². The van der Waals surface area contributed by atoms with E-state index in [2.05, 4.69) is 19.7 Å². The van der Waals surface area contributed by atoms with Crippen molar-refractivity contribution >= 4 is 62.0 Å². The monoisotopic (exact) mass is 728 g/mol. The van der Waals surface area contributed by atoms with Crippen molar-refractivity contribution in [2.75, 3.05) is 18.9 Å². The van der Waals surface area contributed by atoms with E-state index in [-0.39, 0.29) is 15.2 Å². The van der Waals surface area contributed by atoms with E-state index >= 15 is 0 Å². The van der Waals surface area contributed by atoms with Crippen LogP contribution in [0, 0.1) is 0 Å². The molecule has 1 unspecified atom stereocenters. The summed E-state index contributed by atoms with van der Waals surface area (Å²) in [6, 6.07) is 5.49. The van der Waals surface area contributed by atoms with Crippen molar-refractivity contribution in [2.24, 2.45) is 17.9 Å². The number of benzene rings is 1. The highest BCUT2D eigenvalue weighted by Crippen LogP contribution is 2.33.